The number of amides is 1. The van der Waals surface area contributed by atoms with E-state index in [1.54, 1.807) is 42.5 Å². The molecule has 0 spiro atoms. The molecular weight excluding hydrogens is 374 g/mol. The lowest BCUT2D eigenvalue weighted by Crippen LogP contribution is -2.35. The van der Waals surface area contributed by atoms with E-state index in [0.717, 1.165) is 10.7 Å². The number of aromatic nitrogens is 1. The van der Waals surface area contributed by atoms with Crippen LogP contribution in [0.4, 0.5) is 5.69 Å². The monoisotopic (exact) mass is 397 g/mol. The number of nitrogens with zero attached hydrogens (tertiary/aromatic N) is 1. The van der Waals surface area contributed by atoms with E-state index in [0.29, 0.717) is 24.4 Å². The molecule has 1 aromatic carbocycles. The maximum absolute atomic E-state index is 12.3. The van der Waals surface area contributed by atoms with Crippen LogP contribution in [0, 0.1) is 12.8 Å². The molecular formula is C17H23N3O4S2. The summed E-state index contributed by atoms with van der Waals surface area (Å²) in [6.07, 6.45) is 0.623. The van der Waals surface area contributed by atoms with Crippen molar-refractivity contribution < 1.29 is 17.9 Å². The molecule has 142 valence electrons. The van der Waals surface area contributed by atoms with E-state index in [1.807, 2.05) is 12.3 Å². The van der Waals surface area contributed by atoms with E-state index >= 15 is 0 Å². The number of sulfonamides is 1. The van der Waals surface area contributed by atoms with E-state index in [-0.39, 0.29) is 11.7 Å². The zero-order valence-corrected chi connectivity index (χ0v) is 16.6. The van der Waals surface area contributed by atoms with Gasteiger partial charge >= 0.3 is 0 Å². The summed E-state index contributed by atoms with van der Waals surface area (Å²) in [7, 11) is -2.15. The van der Waals surface area contributed by atoms with Crippen molar-refractivity contribution in [3.63, 3.8) is 0 Å². The number of hydrogen-bond acceptors (Lipinski definition) is 6. The Hall–Kier alpha value is -2.13. The smallest absolute Gasteiger partial charge is 0.233 e. The van der Waals surface area contributed by atoms with Gasteiger partial charge in [0.1, 0.15) is 5.75 Å². The number of methoxy groups -OCH3 is 1. The van der Waals surface area contributed by atoms with Gasteiger partial charge in [-0.1, -0.05) is 13.0 Å². The molecule has 0 saturated heterocycles. The molecule has 0 saturated carbocycles. The summed E-state index contributed by atoms with van der Waals surface area (Å²) in [5.74, 6) is -0.720. The minimum absolute atomic E-state index is 0.298. The second kappa shape index (κ2) is 9.00. The predicted octanol–water partition coefficient (Wildman–Crippen LogP) is 2.20. The number of ether oxygens (including phenoxy) is 1. The molecule has 1 atom stereocenters. The van der Waals surface area contributed by atoms with Crippen LogP contribution >= 0.6 is 11.3 Å². The van der Waals surface area contributed by atoms with Crippen LogP contribution in [0.5, 0.6) is 5.75 Å². The number of thiazole rings is 1. The number of aryl methyl sites for hydroxylation is 1. The molecule has 1 unspecified atom stereocenters. The molecule has 0 aliphatic carbocycles. The van der Waals surface area contributed by atoms with E-state index in [4.69, 9.17) is 4.74 Å². The molecule has 0 fully saturated rings. The van der Waals surface area contributed by atoms with Gasteiger partial charge in [0.25, 0.3) is 0 Å². The fourth-order valence-corrected chi connectivity index (χ4v) is 4.35. The number of carbonyl (C=O) groups is 1. The fourth-order valence-electron chi connectivity index (χ4n) is 2.32. The van der Waals surface area contributed by atoms with Gasteiger partial charge in [-0.05, 0) is 19.1 Å². The van der Waals surface area contributed by atoms with Crippen molar-refractivity contribution in [3.05, 3.63) is 40.3 Å². The Morgan fingerprint density at radius 3 is 2.81 bits per heavy atom. The van der Waals surface area contributed by atoms with Crippen molar-refractivity contribution >= 4 is 33.0 Å². The molecule has 0 bridgehead atoms. The van der Waals surface area contributed by atoms with Crippen molar-refractivity contribution in [1.29, 1.82) is 0 Å². The van der Waals surface area contributed by atoms with Gasteiger partial charge in [-0.2, -0.15) is 0 Å². The SMILES string of the molecule is COc1cccc(NS(=O)(=O)CC(C)C(=O)NCCc2csc(C)n2)c1. The molecule has 0 radical (unpaired) electrons. The number of nitrogens with one attached hydrogen (secondary N) is 2. The zero-order chi connectivity index (χ0) is 19.2. The molecule has 0 aliphatic heterocycles. The molecule has 1 amide bonds. The summed E-state index contributed by atoms with van der Waals surface area (Å²) < 4.78 is 32.1. The van der Waals surface area contributed by atoms with E-state index in [2.05, 4.69) is 15.0 Å². The maximum Gasteiger partial charge on any atom is 0.233 e. The average molecular weight is 398 g/mol. The summed E-state index contributed by atoms with van der Waals surface area (Å²) in [4.78, 5) is 16.5. The number of rotatable bonds is 9. The zero-order valence-electron chi connectivity index (χ0n) is 15.0. The normalized spacial score (nSPS) is 12.4. The largest absolute Gasteiger partial charge is 0.497 e. The van der Waals surface area contributed by atoms with Crippen LogP contribution in [0.1, 0.15) is 17.6 Å². The number of benzene rings is 1. The third-order valence-electron chi connectivity index (χ3n) is 3.61. The van der Waals surface area contributed by atoms with Gasteiger partial charge in [-0.3, -0.25) is 9.52 Å². The van der Waals surface area contributed by atoms with Gasteiger partial charge in [0.2, 0.25) is 15.9 Å². The highest BCUT2D eigenvalue weighted by molar-refractivity contribution is 7.92. The molecule has 2 rings (SSSR count). The quantitative estimate of drug-likeness (QED) is 0.676. The second-order valence-corrected chi connectivity index (χ2v) is 8.74. The Bertz CT molecular complexity index is 849. The highest BCUT2D eigenvalue weighted by Gasteiger charge is 2.21. The summed E-state index contributed by atoms with van der Waals surface area (Å²) in [5, 5.41) is 5.69. The Labute approximate surface area is 157 Å². The van der Waals surface area contributed by atoms with Gasteiger partial charge in [-0.25, -0.2) is 13.4 Å². The van der Waals surface area contributed by atoms with E-state index in [9.17, 15) is 13.2 Å². The van der Waals surface area contributed by atoms with Crippen molar-refractivity contribution in [3.8, 4) is 5.75 Å². The number of anilines is 1. The lowest BCUT2D eigenvalue weighted by atomic mass is 10.2. The average Bonchev–Trinajstić information content (AvgIpc) is 2.99. The van der Waals surface area contributed by atoms with Gasteiger partial charge in [0.05, 0.1) is 35.2 Å². The Morgan fingerprint density at radius 1 is 1.38 bits per heavy atom. The van der Waals surface area contributed by atoms with Crippen molar-refractivity contribution in [2.24, 2.45) is 5.92 Å². The number of hydrogen-bond donors (Lipinski definition) is 2. The van der Waals surface area contributed by atoms with Crippen molar-refractivity contribution in [2.45, 2.75) is 20.3 Å². The van der Waals surface area contributed by atoms with Gasteiger partial charge in [-0.15, -0.1) is 11.3 Å². The molecule has 2 aromatic rings. The third kappa shape index (κ3) is 6.30. The van der Waals surface area contributed by atoms with Crippen LogP contribution in [0.15, 0.2) is 29.6 Å². The minimum Gasteiger partial charge on any atom is -0.497 e. The fraction of sp³-hybridized carbons (Fsp3) is 0.412. The molecule has 2 N–H and O–H groups in total. The van der Waals surface area contributed by atoms with Crippen LogP contribution in [-0.4, -0.2) is 38.7 Å². The molecule has 1 heterocycles. The molecule has 0 aliphatic rings. The number of carbonyl (C=O) groups excluding carboxylic acids is 1. The first-order valence-corrected chi connectivity index (χ1v) is 10.7. The van der Waals surface area contributed by atoms with Crippen LogP contribution in [0.3, 0.4) is 0 Å². The van der Waals surface area contributed by atoms with Gasteiger partial charge in [0, 0.05) is 24.4 Å². The lowest BCUT2D eigenvalue weighted by Gasteiger charge is -2.14. The van der Waals surface area contributed by atoms with E-state index in [1.165, 1.54) is 7.11 Å². The maximum atomic E-state index is 12.3. The molecule has 26 heavy (non-hydrogen) atoms. The predicted molar refractivity (Wildman–Crippen MR) is 103 cm³/mol. The van der Waals surface area contributed by atoms with Crippen LogP contribution in [0.2, 0.25) is 0 Å². The Balaban J connectivity index is 1.83. The topological polar surface area (TPSA) is 97.4 Å². The van der Waals surface area contributed by atoms with Crippen LogP contribution < -0.4 is 14.8 Å². The van der Waals surface area contributed by atoms with E-state index < -0.39 is 15.9 Å². The standard InChI is InChI=1S/C17H23N3O4S2/c1-12(17(21)18-8-7-15-10-25-13(2)19-15)11-26(22,23)20-14-5-4-6-16(9-14)24-3/h4-6,9-10,12,20H,7-8,11H2,1-3H3,(H,18,21). The third-order valence-corrected chi connectivity index (χ3v) is 5.91. The summed E-state index contributed by atoms with van der Waals surface area (Å²) >= 11 is 1.56. The van der Waals surface area contributed by atoms with Crippen molar-refractivity contribution in [2.75, 3.05) is 24.1 Å². The van der Waals surface area contributed by atoms with Gasteiger partial charge in [0.15, 0.2) is 0 Å². The molecule has 9 heteroatoms. The Morgan fingerprint density at radius 2 is 2.15 bits per heavy atom. The first-order chi connectivity index (χ1) is 12.3. The van der Waals surface area contributed by atoms with Gasteiger partial charge < -0.3 is 10.1 Å². The summed E-state index contributed by atoms with van der Waals surface area (Å²) in [6, 6.07) is 6.61. The minimum atomic E-state index is -3.65. The lowest BCUT2D eigenvalue weighted by molar-refractivity contribution is -0.123. The molecule has 7 nitrogen and oxygen atoms in total. The van der Waals surface area contributed by atoms with Crippen molar-refractivity contribution in [1.82, 2.24) is 10.3 Å². The summed E-state index contributed by atoms with van der Waals surface area (Å²) in [6.45, 7) is 3.94. The first kappa shape index (κ1) is 20.2. The van der Waals surface area contributed by atoms with Crippen LogP contribution in [0.25, 0.3) is 0 Å². The first-order valence-electron chi connectivity index (χ1n) is 8.12. The molecule has 1 aromatic heterocycles. The highest BCUT2D eigenvalue weighted by Crippen LogP contribution is 2.18. The van der Waals surface area contributed by atoms with Crippen LogP contribution in [-0.2, 0) is 21.2 Å². The highest BCUT2D eigenvalue weighted by atomic mass is 32.2. The summed E-state index contributed by atoms with van der Waals surface area (Å²) in [5.41, 5.74) is 1.32. The second-order valence-electron chi connectivity index (χ2n) is 5.92. The Kier molecular flexibility index (Phi) is 6.98.